The predicted molar refractivity (Wildman–Crippen MR) is 57.5 cm³/mol. The third-order valence-corrected chi connectivity index (χ3v) is 2.81. The number of cyclic esters (lactones) is 1. The third kappa shape index (κ3) is 1.60. The lowest BCUT2D eigenvalue weighted by Crippen LogP contribution is -1.98. The van der Waals surface area contributed by atoms with Gasteiger partial charge in [-0.25, -0.2) is 4.79 Å². The zero-order chi connectivity index (χ0) is 11.7. The molecule has 0 bridgehead atoms. The first kappa shape index (κ1) is 10.8. The van der Waals surface area contributed by atoms with Crippen LogP contribution in [0.25, 0.3) is 0 Å². The normalized spacial score (nSPS) is 18.3. The minimum absolute atomic E-state index is 0.112. The molecule has 0 aliphatic carbocycles. The number of benzene rings is 1. The van der Waals surface area contributed by atoms with Crippen LogP contribution in [0.3, 0.4) is 0 Å². The van der Waals surface area contributed by atoms with Gasteiger partial charge in [-0.1, -0.05) is 19.4 Å². The quantitative estimate of drug-likeness (QED) is 0.609. The molecule has 1 aliphatic heterocycles. The molecule has 1 aromatic carbocycles. The van der Waals surface area contributed by atoms with Crippen LogP contribution in [-0.2, 0) is 4.74 Å². The van der Waals surface area contributed by atoms with Crippen molar-refractivity contribution in [3.63, 3.8) is 0 Å². The molecule has 1 aliphatic rings. The van der Waals surface area contributed by atoms with Crippen LogP contribution >= 0.6 is 0 Å². The average Bonchev–Trinajstić information content (AvgIpc) is 2.58. The summed E-state index contributed by atoms with van der Waals surface area (Å²) in [5.41, 5.74) is 0.787. The molecule has 1 heterocycles. The molecule has 2 rings (SSSR count). The van der Waals surface area contributed by atoms with Gasteiger partial charge in [0.1, 0.15) is 11.7 Å². The second-order valence-electron chi connectivity index (χ2n) is 3.93. The summed E-state index contributed by atoms with van der Waals surface area (Å²) in [6, 6.07) is 3.02. The average molecular weight is 222 g/mol. The van der Waals surface area contributed by atoms with Crippen LogP contribution in [0.5, 0.6) is 11.5 Å². The molecule has 0 aromatic heterocycles. The van der Waals surface area contributed by atoms with Gasteiger partial charge in [0.05, 0.1) is 0 Å². The molecule has 4 heteroatoms. The standard InChI is InChI=1S/C12H14O4/c1-2-3-4-9-7-5-6-8(13)11(14)10(7)12(15)16-9/h5-6,9,13-14H,2-4H2,1H3/t9-/m1/s1. The number of carbonyl (C=O) groups excluding carboxylic acids is 1. The summed E-state index contributed by atoms with van der Waals surface area (Å²) < 4.78 is 5.16. The Kier molecular flexibility index (Phi) is 2.73. The second-order valence-corrected chi connectivity index (χ2v) is 3.93. The zero-order valence-electron chi connectivity index (χ0n) is 9.06. The molecule has 0 radical (unpaired) electrons. The molecule has 4 nitrogen and oxygen atoms in total. The number of carbonyl (C=O) groups is 1. The number of hydrogen-bond acceptors (Lipinski definition) is 4. The molecular formula is C12H14O4. The molecule has 0 spiro atoms. The fourth-order valence-electron chi connectivity index (χ4n) is 1.93. The van der Waals surface area contributed by atoms with E-state index in [-0.39, 0.29) is 23.2 Å². The molecule has 0 saturated heterocycles. The van der Waals surface area contributed by atoms with E-state index in [1.54, 1.807) is 6.07 Å². The van der Waals surface area contributed by atoms with Crippen LogP contribution in [0.1, 0.15) is 48.2 Å². The summed E-state index contributed by atoms with van der Waals surface area (Å²) in [5, 5.41) is 18.9. The first-order valence-corrected chi connectivity index (χ1v) is 5.41. The molecule has 2 N–H and O–H groups in total. The maximum atomic E-state index is 11.5. The van der Waals surface area contributed by atoms with E-state index in [1.807, 2.05) is 0 Å². The summed E-state index contributed by atoms with van der Waals surface area (Å²) in [6.07, 6.45) is 2.44. The van der Waals surface area contributed by atoms with Crippen molar-refractivity contribution >= 4 is 5.97 Å². The number of fused-ring (bicyclic) bond motifs is 1. The van der Waals surface area contributed by atoms with E-state index in [4.69, 9.17) is 4.74 Å². The van der Waals surface area contributed by atoms with E-state index >= 15 is 0 Å². The highest BCUT2D eigenvalue weighted by atomic mass is 16.5. The summed E-state index contributed by atoms with van der Waals surface area (Å²) in [5.74, 6) is -1.21. The molecule has 0 amide bonds. The van der Waals surface area contributed by atoms with Gasteiger partial charge in [-0.3, -0.25) is 0 Å². The Morgan fingerprint density at radius 3 is 2.81 bits per heavy atom. The minimum Gasteiger partial charge on any atom is -0.504 e. The maximum Gasteiger partial charge on any atom is 0.343 e. The lowest BCUT2D eigenvalue weighted by molar-refractivity contribution is 0.0362. The van der Waals surface area contributed by atoms with Crippen molar-refractivity contribution in [1.29, 1.82) is 0 Å². The predicted octanol–water partition coefficient (Wildman–Crippen LogP) is 2.50. The fraction of sp³-hybridized carbons (Fsp3) is 0.417. The van der Waals surface area contributed by atoms with E-state index in [1.165, 1.54) is 6.07 Å². The van der Waals surface area contributed by atoms with Crippen LogP contribution in [-0.4, -0.2) is 16.2 Å². The van der Waals surface area contributed by atoms with E-state index < -0.39 is 5.97 Å². The molecule has 0 fully saturated rings. The molecule has 1 atom stereocenters. The van der Waals surface area contributed by atoms with Crippen molar-refractivity contribution in [3.05, 3.63) is 23.3 Å². The molecular weight excluding hydrogens is 208 g/mol. The molecule has 1 aromatic rings. The van der Waals surface area contributed by atoms with Crippen molar-refractivity contribution in [2.24, 2.45) is 0 Å². The minimum atomic E-state index is -0.551. The number of aromatic hydroxyl groups is 2. The van der Waals surface area contributed by atoms with E-state index in [2.05, 4.69) is 6.92 Å². The van der Waals surface area contributed by atoms with Gasteiger partial charge in [-0.15, -0.1) is 0 Å². The van der Waals surface area contributed by atoms with Crippen molar-refractivity contribution in [2.75, 3.05) is 0 Å². The maximum absolute atomic E-state index is 11.5. The van der Waals surface area contributed by atoms with Gasteiger partial charge < -0.3 is 14.9 Å². The highest BCUT2D eigenvalue weighted by Crippen LogP contribution is 2.42. The Morgan fingerprint density at radius 2 is 2.12 bits per heavy atom. The fourth-order valence-corrected chi connectivity index (χ4v) is 1.93. The van der Waals surface area contributed by atoms with Crippen molar-refractivity contribution < 1.29 is 19.7 Å². The summed E-state index contributed by atoms with van der Waals surface area (Å²) in [4.78, 5) is 11.5. The van der Waals surface area contributed by atoms with Crippen molar-refractivity contribution in [2.45, 2.75) is 32.3 Å². The Labute approximate surface area is 93.5 Å². The highest BCUT2D eigenvalue weighted by Gasteiger charge is 2.34. The Bertz CT molecular complexity index is 425. The Balaban J connectivity index is 2.36. The summed E-state index contributed by atoms with van der Waals surface area (Å²) >= 11 is 0. The third-order valence-electron chi connectivity index (χ3n) is 2.81. The van der Waals surface area contributed by atoms with Gasteiger partial charge in [0.15, 0.2) is 11.5 Å². The van der Waals surface area contributed by atoms with E-state index in [9.17, 15) is 15.0 Å². The van der Waals surface area contributed by atoms with Crippen LogP contribution < -0.4 is 0 Å². The molecule has 16 heavy (non-hydrogen) atoms. The largest absolute Gasteiger partial charge is 0.504 e. The number of phenols is 2. The lowest BCUT2D eigenvalue weighted by Gasteiger charge is -2.09. The number of unbranched alkanes of at least 4 members (excludes halogenated alkanes) is 1. The van der Waals surface area contributed by atoms with E-state index in [0.29, 0.717) is 5.56 Å². The topological polar surface area (TPSA) is 66.8 Å². The SMILES string of the molecule is CCCC[C@H]1OC(=O)c2c1ccc(O)c2O. The van der Waals surface area contributed by atoms with Gasteiger partial charge in [0.2, 0.25) is 0 Å². The van der Waals surface area contributed by atoms with Crippen molar-refractivity contribution in [1.82, 2.24) is 0 Å². The van der Waals surface area contributed by atoms with E-state index in [0.717, 1.165) is 19.3 Å². The van der Waals surface area contributed by atoms with Gasteiger partial charge in [-0.2, -0.15) is 0 Å². The smallest absolute Gasteiger partial charge is 0.343 e. The summed E-state index contributed by atoms with van der Waals surface area (Å²) in [6.45, 7) is 2.06. The van der Waals surface area contributed by atoms with Gasteiger partial charge in [0, 0.05) is 5.56 Å². The lowest BCUT2D eigenvalue weighted by atomic mass is 10.00. The number of ether oxygens (including phenoxy) is 1. The van der Waals surface area contributed by atoms with Crippen LogP contribution in [0, 0.1) is 0 Å². The molecule has 0 saturated carbocycles. The molecule has 86 valence electrons. The second kappa shape index (κ2) is 4.04. The molecule has 0 unspecified atom stereocenters. The van der Waals surface area contributed by atoms with Crippen molar-refractivity contribution in [3.8, 4) is 11.5 Å². The highest BCUT2D eigenvalue weighted by molar-refractivity contribution is 5.97. The van der Waals surface area contributed by atoms with Gasteiger partial charge in [0.25, 0.3) is 0 Å². The first-order valence-electron chi connectivity index (χ1n) is 5.41. The Morgan fingerprint density at radius 1 is 1.38 bits per heavy atom. The first-order chi connectivity index (χ1) is 7.65. The number of rotatable bonds is 3. The van der Waals surface area contributed by atoms with Crippen LogP contribution in [0.15, 0.2) is 12.1 Å². The number of hydrogen-bond donors (Lipinski definition) is 2. The van der Waals surface area contributed by atoms with Crippen LogP contribution in [0.4, 0.5) is 0 Å². The monoisotopic (exact) mass is 222 g/mol. The van der Waals surface area contributed by atoms with Gasteiger partial charge in [-0.05, 0) is 18.9 Å². The zero-order valence-corrected chi connectivity index (χ0v) is 9.06. The summed E-state index contributed by atoms with van der Waals surface area (Å²) in [7, 11) is 0. The Hall–Kier alpha value is -1.71. The number of esters is 1. The number of phenolic OH excluding ortho intramolecular Hbond substituents is 2. The van der Waals surface area contributed by atoms with Gasteiger partial charge >= 0.3 is 5.97 Å². The van der Waals surface area contributed by atoms with Crippen LogP contribution in [0.2, 0.25) is 0 Å².